The van der Waals surface area contributed by atoms with E-state index in [1.807, 2.05) is 12.1 Å². The Bertz CT molecular complexity index is 635. The fourth-order valence-electron chi connectivity index (χ4n) is 1.31. The van der Waals surface area contributed by atoms with Crippen molar-refractivity contribution in [1.82, 2.24) is 0 Å². The lowest BCUT2D eigenvalue weighted by atomic mass is 10.2. The van der Waals surface area contributed by atoms with Crippen LogP contribution >= 0.6 is 43.2 Å². The van der Waals surface area contributed by atoms with Crippen molar-refractivity contribution in [3.63, 3.8) is 0 Å². The Morgan fingerprint density at radius 2 is 1.78 bits per heavy atom. The summed E-state index contributed by atoms with van der Waals surface area (Å²) in [4.78, 5) is 0. The maximum absolute atomic E-state index is 12.0. The van der Waals surface area contributed by atoms with E-state index in [2.05, 4.69) is 36.6 Å². The topological polar surface area (TPSA) is 46.2 Å². The van der Waals surface area contributed by atoms with Crippen molar-refractivity contribution in [2.45, 2.75) is 9.54 Å². The minimum atomic E-state index is -3.49. The van der Waals surface area contributed by atoms with Crippen LogP contribution in [0.4, 0.5) is 5.69 Å². The molecule has 0 saturated heterocycles. The molecule has 3 nitrogen and oxygen atoms in total. The van der Waals surface area contributed by atoms with Crippen molar-refractivity contribution in [2.75, 3.05) is 4.72 Å². The second kappa shape index (κ2) is 5.73. The summed E-state index contributed by atoms with van der Waals surface area (Å²) in [5, 5.41) is 0.748. The second-order valence-electron chi connectivity index (χ2n) is 3.49. The molecule has 2 rings (SSSR count). The molecule has 0 fully saturated rings. The lowest BCUT2D eigenvalue weighted by Gasteiger charge is -2.06. The Morgan fingerprint density at radius 3 is 2.28 bits per heavy atom. The standard InChI is InChI=1S/C11H9Br2NO2S2/c12-7-8-1-3-9(4-2-8)14-18(15,16)11-6-5-10(13)17-11/h1-6,14H,7H2. The van der Waals surface area contributed by atoms with E-state index in [1.165, 1.54) is 11.3 Å². The van der Waals surface area contributed by atoms with Gasteiger partial charge >= 0.3 is 0 Å². The third-order valence-electron chi connectivity index (χ3n) is 2.17. The smallest absolute Gasteiger partial charge is 0.271 e. The Hall–Kier alpha value is -0.370. The van der Waals surface area contributed by atoms with Gasteiger partial charge in [0.2, 0.25) is 0 Å². The summed E-state index contributed by atoms with van der Waals surface area (Å²) < 4.78 is 27.7. The molecular weight excluding hydrogens is 402 g/mol. The van der Waals surface area contributed by atoms with E-state index in [0.717, 1.165) is 14.7 Å². The van der Waals surface area contributed by atoms with Crippen LogP contribution in [0.5, 0.6) is 0 Å². The second-order valence-corrected chi connectivity index (χ2v) is 8.43. The summed E-state index contributed by atoms with van der Waals surface area (Å²) in [7, 11) is -3.49. The molecular formula is C11H9Br2NO2S2. The maximum Gasteiger partial charge on any atom is 0.271 e. The summed E-state index contributed by atoms with van der Waals surface area (Å²) in [6.45, 7) is 0. The number of hydrogen-bond acceptors (Lipinski definition) is 3. The van der Waals surface area contributed by atoms with Gasteiger partial charge in [0.25, 0.3) is 10.0 Å². The average Bonchev–Trinajstić information content (AvgIpc) is 2.77. The fraction of sp³-hybridized carbons (Fsp3) is 0.0909. The van der Waals surface area contributed by atoms with Crippen LogP contribution in [0.15, 0.2) is 44.4 Å². The van der Waals surface area contributed by atoms with Gasteiger partial charge in [-0.3, -0.25) is 4.72 Å². The summed E-state index contributed by atoms with van der Waals surface area (Å²) in [6, 6.07) is 10.5. The predicted molar refractivity (Wildman–Crippen MR) is 81.9 cm³/mol. The largest absolute Gasteiger partial charge is 0.279 e. The molecule has 1 aromatic heterocycles. The van der Waals surface area contributed by atoms with Crippen molar-refractivity contribution >= 4 is 58.9 Å². The number of halogens is 2. The van der Waals surface area contributed by atoms with Gasteiger partial charge < -0.3 is 0 Å². The number of alkyl halides is 1. The lowest BCUT2D eigenvalue weighted by molar-refractivity contribution is 0.603. The highest BCUT2D eigenvalue weighted by atomic mass is 79.9. The van der Waals surface area contributed by atoms with E-state index in [0.29, 0.717) is 9.90 Å². The monoisotopic (exact) mass is 409 g/mol. The molecule has 0 bridgehead atoms. The molecule has 1 N–H and O–H groups in total. The number of rotatable bonds is 4. The first-order valence-corrected chi connectivity index (χ1v) is 9.16. The van der Waals surface area contributed by atoms with E-state index < -0.39 is 10.0 Å². The molecule has 2 aromatic rings. The SMILES string of the molecule is O=S(=O)(Nc1ccc(CBr)cc1)c1ccc(Br)s1. The summed E-state index contributed by atoms with van der Waals surface area (Å²) in [5.74, 6) is 0. The zero-order valence-electron chi connectivity index (χ0n) is 9.06. The van der Waals surface area contributed by atoms with Gasteiger partial charge in [-0.1, -0.05) is 28.1 Å². The number of anilines is 1. The van der Waals surface area contributed by atoms with E-state index in [9.17, 15) is 8.42 Å². The van der Waals surface area contributed by atoms with Gasteiger partial charge in [0.05, 0.1) is 3.79 Å². The molecule has 0 aliphatic heterocycles. The van der Waals surface area contributed by atoms with Crippen LogP contribution in [0, 0.1) is 0 Å². The molecule has 7 heteroatoms. The van der Waals surface area contributed by atoms with Gasteiger partial charge in [0.15, 0.2) is 0 Å². The van der Waals surface area contributed by atoms with Crippen LogP contribution in [0.3, 0.4) is 0 Å². The normalized spacial score (nSPS) is 11.4. The number of hydrogen-bond donors (Lipinski definition) is 1. The zero-order chi connectivity index (χ0) is 13.2. The third kappa shape index (κ3) is 3.34. The van der Waals surface area contributed by atoms with E-state index >= 15 is 0 Å². The van der Waals surface area contributed by atoms with Crippen LogP contribution in [-0.4, -0.2) is 8.42 Å². The van der Waals surface area contributed by atoms with Gasteiger partial charge in [-0.15, -0.1) is 11.3 Å². The maximum atomic E-state index is 12.0. The summed E-state index contributed by atoms with van der Waals surface area (Å²) >= 11 is 7.77. The highest BCUT2D eigenvalue weighted by molar-refractivity contribution is 9.11. The van der Waals surface area contributed by atoms with Crippen LogP contribution in [0.1, 0.15) is 5.56 Å². The van der Waals surface area contributed by atoms with E-state index in [-0.39, 0.29) is 0 Å². The fourth-order valence-corrected chi connectivity index (χ4v) is 4.75. The minimum Gasteiger partial charge on any atom is -0.279 e. The van der Waals surface area contributed by atoms with Crippen LogP contribution in [-0.2, 0) is 15.4 Å². The average molecular weight is 411 g/mol. The molecule has 0 saturated carbocycles. The highest BCUT2D eigenvalue weighted by Gasteiger charge is 2.16. The van der Waals surface area contributed by atoms with E-state index in [4.69, 9.17) is 0 Å². The highest BCUT2D eigenvalue weighted by Crippen LogP contribution is 2.27. The summed E-state index contributed by atoms with van der Waals surface area (Å²) in [5.41, 5.74) is 1.65. The first-order chi connectivity index (χ1) is 8.51. The van der Waals surface area contributed by atoms with Crippen LogP contribution in [0.25, 0.3) is 0 Å². The number of sulfonamides is 1. The molecule has 0 spiro atoms. The minimum absolute atomic E-state index is 0.291. The molecule has 1 heterocycles. The van der Waals surface area contributed by atoms with Crippen LogP contribution < -0.4 is 4.72 Å². The molecule has 0 radical (unpaired) electrons. The Balaban J connectivity index is 2.22. The van der Waals surface area contributed by atoms with Crippen molar-refractivity contribution in [3.05, 3.63) is 45.7 Å². The van der Waals surface area contributed by atoms with Gasteiger partial charge in [-0.25, -0.2) is 8.42 Å². The predicted octanol–water partition coefficient (Wildman–Crippen LogP) is 4.21. The van der Waals surface area contributed by atoms with Gasteiger partial charge in [0, 0.05) is 11.0 Å². The lowest BCUT2D eigenvalue weighted by Crippen LogP contribution is -2.11. The van der Waals surface area contributed by atoms with Crippen molar-refractivity contribution < 1.29 is 8.42 Å². The first kappa shape index (κ1) is 14.0. The molecule has 96 valence electrons. The van der Waals surface area contributed by atoms with Crippen molar-refractivity contribution in [1.29, 1.82) is 0 Å². The molecule has 0 atom stereocenters. The summed E-state index contributed by atoms with van der Waals surface area (Å²) in [6.07, 6.45) is 0. The number of benzene rings is 1. The molecule has 0 amide bonds. The molecule has 0 aliphatic carbocycles. The Morgan fingerprint density at radius 1 is 1.11 bits per heavy atom. The zero-order valence-corrected chi connectivity index (χ0v) is 13.9. The van der Waals surface area contributed by atoms with Gasteiger partial charge in [-0.05, 0) is 45.8 Å². The third-order valence-corrected chi connectivity index (χ3v) is 6.32. The number of nitrogens with one attached hydrogen (secondary N) is 1. The van der Waals surface area contributed by atoms with Crippen LogP contribution in [0.2, 0.25) is 0 Å². The van der Waals surface area contributed by atoms with E-state index in [1.54, 1.807) is 24.3 Å². The Labute approximate surface area is 127 Å². The quantitative estimate of drug-likeness (QED) is 0.767. The first-order valence-electron chi connectivity index (χ1n) is 4.94. The molecule has 0 unspecified atom stereocenters. The van der Waals surface area contributed by atoms with Crippen molar-refractivity contribution in [2.24, 2.45) is 0 Å². The molecule has 18 heavy (non-hydrogen) atoms. The Kier molecular flexibility index (Phi) is 4.47. The van der Waals surface area contributed by atoms with Gasteiger partial charge in [0.1, 0.15) is 4.21 Å². The molecule has 0 aliphatic rings. The number of thiophene rings is 1. The van der Waals surface area contributed by atoms with Crippen molar-refractivity contribution in [3.8, 4) is 0 Å². The molecule has 1 aromatic carbocycles. The van der Waals surface area contributed by atoms with Gasteiger partial charge in [-0.2, -0.15) is 0 Å².